The number of sulfonamides is 1. The minimum atomic E-state index is -3.90. The molecule has 0 aliphatic heterocycles. The van der Waals surface area contributed by atoms with Crippen LogP contribution >= 0.6 is 11.6 Å². The molecule has 0 bridgehead atoms. The lowest BCUT2D eigenvalue weighted by molar-refractivity contribution is -0.139. The average Bonchev–Trinajstić information content (AvgIpc) is 2.88. The van der Waals surface area contributed by atoms with Crippen LogP contribution in [0.4, 0.5) is 5.69 Å². The summed E-state index contributed by atoms with van der Waals surface area (Å²) in [5.74, 6) is -0.617. The highest BCUT2D eigenvalue weighted by atomic mass is 35.5. The maximum Gasteiger partial charge on any atom is 0.244 e. The summed E-state index contributed by atoms with van der Waals surface area (Å²) in [5.41, 5.74) is 2.59. The Hall–Kier alpha value is -3.56. The van der Waals surface area contributed by atoms with Gasteiger partial charge in [0, 0.05) is 25.0 Å². The third-order valence-corrected chi connectivity index (χ3v) is 7.40. The Morgan fingerprint density at radius 3 is 2.29 bits per heavy atom. The number of hydrogen-bond donors (Lipinski definition) is 1. The van der Waals surface area contributed by atoms with Crippen molar-refractivity contribution in [2.75, 3.05) is 31.3 Å². The number of aryl methyl sites for hydroxylation is 1. The summed E-state index contributed by atoms with van der Waals surface area (Å²) in [6.45, 7) is 1.34. The molecule has 3 aromatic carbocycles. The van der Waals surface area contributed by atoms with Crippen molar-refractivity contribution in [3.05, 3.63) is 94.5 Å². The molecule has 2 amide bonds. The van der Waals surface area contributed by atoms with E-state index in [1.54, 1.807) is 42.5 Å². The van der Waals surface area contributed by atoms with E-state index < -0.39 is 28.5 Å². The van der Waals surface area contributed by atoms with Crippen LogP contribution in [0.15, 0.2) is 72.8 Å². The van der Waals surface area contributed by atoms with Gasteiger partial charge in [0.15, 0.2) is 0 Å². The number of carbonyl (C=O) groups excluding carboxylic acids is 2. The highest BCUT2D eigenvalue weighted by Crippen LogP contribution is 2.31. The van der Waals surface area contributed by atoms with Crippen molar-refractivity contribution >= 4 is 39.1 Å². The predicted octanol–water partition coefficient (Wildman–Crippen LogP) is 3.81. The van der Waals surface area contributed by atoms with E-state index in [4.69, 9.17) is 16.3 Å². The molecule has 1 atom stereocenters. The van der Waals surface area contributed by atoms with Gasteiger partial charge in [-0.2, -0.15) is 0 Å². The lowest BCUT2D eigenvalue weighted by Crippen LogP contribution is -2.52. The summed E-state index contributed by atoms with van der Waals surface area (Å²) in [7, 11) is -0.965. The number of nitrogens with zero attached hydrogens (tertiary/aromatic N) is 2. The summed E-state index contributed by atoms with van der Waals surface area (Å²) in [6.07, 6.45) is 1.27. The van der Waals surface area contributed by atoms with Crippen LogP contribution in [-0.4, -0.2) is 58.1 Å². The molecular formula is C28H32ClN3O5S. The molecule has 0 aliphatic carbocycles. The van der Waals surface area contributed by atoms with E-state index in [-0.39, 0.29) is 24.6 Å². The van der Waals surface area contributed by atoms with Gasteiger partial charge in [-0.25, -0.2) is 8.42 Å². The molecule has 0 aliphatic rings. The number of benzene rings is 3. The van der Waals surface area contributed by atoms with Gasteiger partial charge in [0.1, 0.15) is 18.3 Å². The maximum absolute atomic E-state index is 14.0. The number of carbonyl (C=O) groups is 2. The fraction of sp³-hybridized carbons (Fsp3) is 0.286. The van der Waals surface area contributed by atoms with Crippen LogP contribution < -0.4 is 14.4 Å². The zero-order valence-electron chi connectivity index (χ0n) is 21.8. The minimum absolute atomic E-state index is 0.0485. The first-order valence-corrected chi connectivity index (χ1v) is 14.2. The fourth-order valence-corrected chi connectivity index (χ4v) is 5.20. The van der Waals surface area contributed by atoms with Crippen molar-refractivity contribution < 1.29 is 22.7 Å². The summed E-state index contributed by atoms with van der Waals surface area (Å²) < 4.78 is 32.3. The first-order valence-electron chi connectivity index (χ1n) is 11.9. The topological polar surface area (TPSA) is 96.0 Å². The Morgan fingerprint density at radius 1 is 1.00 bits per heavy atom. The summed E-state index contributed by atoms with van der Waals surface area (Å²) in [5, 5.41) is 3.13. The van der Waals surface area contributed by atoms with Crippen molar-refractivity contribution in [3.63, 3.8) is 0 Å². The maximum atomic E-state index is 14.0. The molecule has 1 N–H and O–H groups in total. The van der Waals surface area contributed by atoms with Crippen LogP contribution in [0.3, 0.4) is 0 Å². The number of halogens is 1. The lowest BCUT2D eigenvalue weighted by atomic mass is 10.0. The summed E-state index contributed by atoms with van der Waals surface area (Å²) in [4.78, 5) is 28.5. The molecular weight excluding hydrogens is 526 g/mol. The normalized spacial score (nSPS) is 11.9. The van der Waals surface area contributed by atoms with Crippen LogP contribution in [0, 0.1) is 6.92 Å². The number of methoxy groups -OCH3 is 1. The van der Waals surface area contributed by atoms with E-state index in [2.05, 4.69) is 5.32 Å². The predicted molar refractivity (Wildman–Crippen MR) is 150 cm³/mol. The molecule has 0 saturated carbocycles. The van der Waals surface area contributed by atoms with Gasteiger partial charge in [0.25, 0.3) is 0 Å². The monoisotopic (exact) mass is 557 g/mol. The number of anilines is 1. The van der Waals surface area contributed by atoms with Crippen molar-refractivity contribution in [3.8, 4) is 5.75 Å². The van der Waals surface area contributed by atoms with Crippen LogP contribution in [0.5, 0.6) is 5.75 Å². The van der Waals surface area contributed by atoms with Crippen LogP contribution in [0.25, 0.3) is 0 Å². The smallest absolute Gasteiger partial charge is 0.244 e. The molecule has 0 fully saturated rings. The number of hydrogen-bond acceptors (Lipinski definition) is 5. The number of ether oxygens (including phenoxy) is 1. The number of rotatable bonds is 11. The first-order chi connectivity index (χ1) is 18.0. The molecule has 3 rings (SSSR count). The molecule has 0 radical (unpaired) electrons. The largest absolute Gasteiger partial charge is 0.495 e. The second kappa shape index (κ2) is 12.8. The molecule has 0 spiro atoms. The number of nitrogens with one attached hydrogen (secondary N) is 1. The molecule has 0 heterocycles. The lowest BCUT2D eigenvalue weighted by Gasteiger charge is -2.33. The van der Waals surface area contributed by atoms with Gasteiger partial charge in [-0.05, 0) is 47.9 Å². The number of likely N-dealkylation sites (N-methyl/N-ethyl adjacent to an activating group) is 1. The van der Waals surface area contributed by atoms with Crippen LogP contribution in [0.1, 0.15) is 16.7 Å². The van der Waals surface area contributed by atoms with Crippen molar-refractivity contribution in [2.45, 2.75) is 25.9 Å². The second-order valence-corrected chi connectivity index (χ2v) is 11.3. The molecule has 10 heteroatoms. The molecule has 8 nitrogen and oxygen atoms in total. The summed E-state index contributed by atoms with van der Waals surface area (Å²) in [6, 6.07) is 20.5. The standard InChI is InChI=1S/C28H32ClN3O5S/c1-20-13-14-26(37-3)24(15-20)32(38(4,35)36)19-27(33)31(18-22-11-8-12-23(29)16-22)25(28(34)30-2)17-21-9-6-5-7-10-21/h5-16,25H,17-19H2,1-4H3,(H,30,34). The zero-order valence-corrected chi connectivity index (χ0v) is 23.4. The Kier molecular flexibility index (Phi) is 9.77. The molecule has 3 aromatic rings. The fourth-order valence-electron chi connectivity index (χ4n) is 4.14. The molecule has 38 heavy (non-hydrogen) atoms. The van der Waals surface area contributed by atoms with Crippen LogP contribution in [-0.2, 0) is 32.6 Å². The molecule has 0 aromatic heterocycles. The Labute approximate surface area is 229 Å². The van der Waals surface area contributed by atoms with Gasteiger partial charge in [-0.3, -0.25) is 13.9 Å². The number of amides is 2. The van der Waals surface area contributed by atoms with Crippen LogP contribution in [0.2, 0.25) is 5.02 Å². The van der Waals surface area contributed by atoms with Gasteiger partial charge in [-0.15, -0.1) is 0 Å². The Bertz CT molecular complexity index is 1380. The van der Waals surface area contributed by atoms with E-state index in [0.29, 0.717) is 16.3 Å². The van der Waals surface area contributed by atoms with Gasteiger partial charge in [0.2, 0.25) is 21.8 Å². The highest BCUT2D eigenvalue weighted by Gasteiger charge is 2.33. The van der Waals surface area contributed by atoms with Gasteiger partial charge < -0.3 is 15.0 Å². The zero-order chi connectivity index (χ0) is 27.9. The third kappa shape index (κ3) is 7.49. The third-order valence-electron chi connectivity index (χ3n) is 6.04. The Balaban J connectivity index is 2.07. The molecule has 0 saturated heterocycles. The second-order valence-electron chi connectivity index (χ2n) is 8.92. The van der Waals surface area contributed by atoms with E-state index in [1.807, 2.05) is 37.3 Å². The SMILES string of the molecule is CNC(=O)C(Cc1ccccc1)N(Cc1cccc(Cl)c1)C(=O)CN(c1cc(C)ccc1OC)S(C)(=O)=O. The van der Waals surface area contributed by atoms with Crippen molar-refractivity contribution in [1.82, 2.24) is 10.2 Å². The van der Waals surface area contributed by atoms with Gasteiger partial charge >= 0.3 is 0 Å². The Morgan fingerprint density at radius 2 is 1.68 bits per heavy atom. The van der Waals surface area contributed by atoms with Crippen molar-refractivity contribution in [2.24, 2.45) is 0 Å². The highest BCUT2D eigenvalue weighted by molar-refractivity contribution is 7.92. The average molecular weight is 558 g/mol. The van der Waals surface area contributed by atoms with Crippen molar-refractivity contribution in [1.29, 1.82) is 0 Å². The van der Waals surface area contributed by atoms with Gasteiger partial charge in [-0.1, -0.05) is 60.1 Å². The first kappa shape index (κ1) is 29.0. The molecule has 1 unspecified atom stereocenters. The summed E-state index contributed by atoms with van der Waals surface area (Å²) >= 11 is 6.20. The van der Waals surface area contributed by atoms with E-state index in [0.717, 1.165) is 21.7 Å². The molecule has 202 valence electrons. The van der Waals surface area contributed by atoms with E-state index in [9.17, 15) is 18.0 Å². The van der Waals surface area contributed by atoms with E-state index >= 15 is 0 Å². The quantitative estimate of drug-likeness (QED) is 0.387. The van der Waals surface area contributed by atoms with Gasteiger partial charge in [0.05, 0.1) is 19.1 Å². The van der Waals surface area contributed by atoms with E-state index in [1.165, 1.54) is 19.1 Å². The minimum Gasteiger partial charge on any atom is -0.495 e.